The highest BCUT2D eigenvalue weighted by Gasteiger charge is 2.01. The second kappa shape index (κ2) is 3.25. The van der Waals surface area contributed by atoms with Gasteiger partial charge in [0.05, 0.1) is 5.56 Å². The summed E-state index contributed by atoms with van der Waals surface area (Å²) in [4.78, 5) is 3.17. The van der Waals surface area contributed by atoms with E-state index in [1.165, 1.54) is 5.69 Å². The average molecular weight is 148 g/mol. The maximum absolute atomic E-state index is 8.63. The number of aromatic amines is 1. The Balaban J connectivity index is 2.89. The molecule has 0 saturated carbocycles. The van der Waals surface area contributed by atoms with Gasteiger partial charge in [-0.25, -0.2) is 0 Å². The van der Waals surface area contributed by atoms with E-state index >= 15 is 0 Å². The summed E-state index contributed by atoms with van der Waals surface area (Å²) >= 11 is 0. The zero-order valence-electron chi connectivity index (χ0n) is 6.94. The number of H-pyrrole nitrogens is 1. The van der Waals surface area contributed by atoms with E-state index in [0.717, 1.165) is 24.1 Å². The lowest BCUT2D eigenvalue weighted by atomic mass is 10.2. The third-order valence-electron chi connectivity index (χ3n) is 1.71. The maximum Gasteiger partial charge on any atom is 0.101 e. The van der Waals surface area contributed by atoms with Crippen LogP contribution in [0.25, 0.3) is 0 Å². The van der Waals surface area contributed by atoms with Crippen molar-refractivity contribution < 1.29 is 0 Å². The van der Waals surface area contributed by atoms with E-state index in [0.29, 0.717) is 0 Å². The van der Waals surface area contributed by atoms with E-state index in [-0.39, 0.29) is 0 Å². The highest BCUT2D eigenvalue weighted by atomic mass is 14.7. The fourth-order valence-electron chi connectivity index (χ4n) is 1.15. The van der Waals surface area contributed by atoms with Crippen LogP contribution in [0, 0.1) is 18.3 Å². The Morgan fingerprint density at radius 3 is 2.82 bits per heavy atom. The molecule has 1 heterocycles. The number of nitriles is 1. The Morgan fingerprint density at radius 2 is 2.36 bits per heavy atom. The molecule has 2 nitrogen and oxygen atoms in total. The molecule has 0 spiro atoms. The quantitative estimate of drug-likeness (QED) is 0.685. The van der Waals surface area contributed by atoms with Crippen molar-refractivity contribution in [2.24, 2.45) is 0 Å². The van der Waals surface area contributed by atoms with Crippen molar-refractivity contribution in [2.75, 3.05) is 0 Å². The fraction of sp³-hybridized carbons (Fsp3) is 0.444. The normalized spacial score (nSPS) is 9.55. The molecule has 0 fully saturated rings. The molecule has 0 aromatic carbocycles. The van der Waals surface area contributed by atoms with Gasteiger partial charge >= 0.3 is 0 Å². The molecule has 0 aliphatic carbocycles. The molecule has 2 heteroatoms. The summed E-state index contributed by atoms with van der Waals surface area (Å²) < 4.78 is 0. The Morgan fingerprint density at radius 1 is 1.64 bits per heavy atom. The first-order valence-corrected chi connectivity index (χ1v) is 3.86. The fourth-order valence-corrected chi connectivity index (χ4v) is 1.15. The monoisotopic (exact) mass is 148 g/mol. The maximum atomic E-state index is 8.63. The molecule has 1 aromatic rings. The van der Waals surface area contributed by atoms with Gasteiger partial charge in [-0.1, -0.05) is 13.3 Å². The molecular formula is C9H12N2. The number of rotatable bonds is 2. The Labute approximate surface area is 66.9 Å². The zero-order valence-corrected chi connectivity index (χ0v) is 6.94. The van der Waals surface area contributed by atoms with Crippen LogP contribution < -0.4 is 0 Å². The van der Waals surface area contributed by atoms with Gasteiger partial charge < -0.3 is 4.98 Å². The van der Waals surface area contributed by atoms with Gasteiger partial charge in [0, 0.05) is 11.4 Å². The lowest BCUT2D eigenvalue weighted by Gasteiger charge is -1.89. The van der Waals surface area contributed by atoms with Crippen molar-refractivity contribution in [3.63, 3.8) is 0 Å². The summed E-state index contributed by atoms with van der Waals surface area (Å²) in [5.41, 5.74) is 2.92. The summed E-state index contributed by atoms with van der Waals surface area (Å²) in [7, 11) is 0. The number of nitrogens with one attached hydrogen (secondary N) is 1. The second-order valence-electron chi connectivity index (χ2n) is 2.70. The van der Waals surface area contributed by atoms with Crippen LogP contribution in [0.1, 0.15) is 30.3 Å². The van der Waals surface area contributed by atoms with Gasteiger partial charge in [-0.05, 0) is 19.4 Å². The molecule has 0 aliphatic rings. The van der Waals surface area contributed by atoms with Gasteiger partial charge in [-0.15, -0.1) is 0 Å². The van der Waals surface area contributed by atoms with Gasteiger partial charge in [0.1, 0.15) is 6.07 Å². The van der Waals surface area contributed by atoms with Gasteiger partial charge in [0.25, 0.3) is 0 Å². The summed E-state index contributed by atoms with van der Waals surface area (Å²) in [6.07, 6.45) is 2.15. The second-order valence-corrected chi connectivity index (χ2v) is 2.70. The summed E-state index contributed by atoms with van der Waals surface area (Å²) in [5, 5.41) is 8.63. The van der Waals surface area contributed by atoms with Crippen LogP contribution in [0.2, 0.25) is 0 Å². The van der Waals surface area contributed by atoms with Crippen molar-refractivity contribution in [1.29, 1.82) is 5.26 Å². The minimum atomic E-state index is 0.772. The average Bonchev–Trinajstić information content (AvgIpc) is 2.32. The van der Waals surface area contributed by atoms with Crippen LogP contribution in [0.5, 0.6) is 0 Å². The molecule has 0 aliphatic heterocycles. The molecule has 0 amide bonds. The number of aromatic nitrogens is 1. The van der Waals surface area contributed by atoms with E-state index in [1.807, 2.05) is 13.0 Å². The lowest BCUT2D eigenvalue weighted by molar-refractivity contribution is 0.888. The summed E-state index contributed by atoms with van der Waals surface area (Å²) in [6.45, 7) is 4.06. The van der Waals surface area contributed by atoms with E-state index < -0.39 is 0 Å². The van der Waals surface area contributed by atoms with Crippen molar-refractivity contribution in [3.05, 3.63) is 23.0 Å². The summed E-state index contributed by atoms with van der Waals surface area (Å²) in [5.74, 6) is 0. The first kappa shape index (κ1) is 7.87. The Bertz CT molecular complexity index is 278. The van der Waals surface area contributed by atoms with Crippen LogP contribution in [0.15, 0.2) is 6.07 Å². The summed E-state index contributed by atoms with van der Waals surface area (Å²) in [6, 6.07) is 4.07. The molecule has 58 valence electrons. The Hall–Kier alpha value is -1.23. The first-order valence-electron chi connectivity index (χ1n) is 3.86. The van der Waals surface area contributed by atoms with Crippen LogP contribution in [0.3, 0.4) is 0 Å². The SMILES string of the molecule is CCCc1cc(C#N)c(C)[nH]1. The number of nitrogens with zero attached hydrogens (tertiary/aromatic N) is 1. The number of aryl methyl sites for hydroxylation is 2. The largest absolute Gasteiger partial charge is 0.361 e. The minimum absolute atomic E-state index is 0.772. The van der Waals surface area contributed by atoms with Crippen LogP contribution in [-0.2, 0) is 6.42 Å². The van der Waals surface area contributed by atoms with Crippen LogP contribution in [0.4, 0.5) is 0 Å². The van der Waals surface area contributed by atoms with E-state index in [4.69, 9.17) is 5.26 Å². The molecule has 11 heavy (non-hydrogen) atoms. The zero-order chi connectivity index (χ0) is 8.27. The van der Waals surface area contributed by atoms with Gasteiger partial charge in [-0.2, -0.15) is 5.26 Å². The Kier molecular flexibility index (Phi) is 2.32. The third kappa shape index (κ3) is 1.62. The molecule has 1 aromatic heterocycles. The molecule has 1 N–H and O–H groups in total. The van der Waals surface area contributed by atoms with Crippen LogP contribution in [-0.4, -0.2) is 4.98 Å². The number of hydrogen-bond donors (Lipinski definition) is 1. The van der Waals surface area contributed by atoms with Crippen molar-refractivity contribution in [2.45, 2.75) is 26.7 Å². The van der Waals surface area contributed by atoms with Crippen molar-refractivity contribution in [1.82, 2.24) is 4.98 Å². The van der Waals surface area contributed by atoms with Crippen LogP contribution >= 0.6 is 0 Å². The standard InChI is InChI=1S/C9H12N2/c1-3-4-9-5-8(6-10)7(2)11-9/h5,11H,3-4H2,1-2H3. The molecule has 0 atom stereocenters. The lowest BCUT2D eigenvalue weighted by Crippen LogP contribution is -1.81. The first-order chi connectivity index (χ1) is 5.27. The molecule has 0 unspecified atom stereocenters. The predicted molar refractivity (Wildman–Crippen MR) is 44.2 cm³/mol. The smallest absolute Gasteiger partial charge is 0.101 e. The molecule has 0 saturated heterocycles. The van der Waals surface area contributed by atoms with Gasteiger partial charge in [0.2, 0.25) is 0 Å². The predicted octanol–water partition coefficient (Wildman–Crippen LogP) is 2.15. The molecule has 1 rings (SSSR count). The van der Waals surface area contributed by atoms with E-state index in [9.17, 15) is 0 Å². The number of hydrogen-bond acceptors (Lipinski definition) is 1. The highest BCUT2D eigenvalue weighted by molar-refractivity contribution is 5.35. The van der Waals surface area contributed by atoms with Crippen molar-refractivity contribution in [3.8, 4) is 6.07 Å². The van der Waals surface area contributed by atoms with Crippen molar-refractivity contribution >= 4 is 0 Å². The molecular weight excluding hydrogens is 136 g/mol. The highest BCUT2D eigenvalue weighted by Crippen LogP contribution is 2.09. The topological polar surface area (TPSA) is 39.6 Å². The van der Waals surface area contributed by atoms with Gasteiger partial charge in [-0.3, -0.25) is 0 Å². The minimum Gasteiger partial charge on any atom is -0.361 e. The third-order valence-corrected chi connectivity index (χ3v) is 1.71. The molecule has 0 radical (unpaired) electrons. The molecule has 0 bridgehead atoms. The van der Waals surface area contributed by atoms with Gasteiger partial charge in [0.15, 0.2) is 0 Å². The van der Waals surface area contributed by atoms with E-state index in [2.05, 4.69) is 18.0 Å². The van der Waals surface area contributed by atoms with E-state index in [1.54, 1.807) is 0 Å².